The van der Waals surface area contributed by atoms with E-state index >= 15 is 0 Å². The summed E-state index contributed by atoms with van der Waals surface area (Å²) in [5, 5.41) is 20.3. The van der Waals surface area contributed by atoms with Crippen molar-refractivity contribution in [2.24, 2.45) is 0 Å². The normalized spacial score (nSPS) is 28.0. The van der Waals surface area contributed by atoms with E-state index in [1.807, 2.05) is 6.07 Å². The average molecular weight is 255 g/mol. The molecule has 1 fully saturated rings. The molecule has 0 aliphatic carbocycles. The molecule has 0 aromatic heterocycles. The molecular formula is C11H13NO4S. The fraction of sp³-hybridized carbons (Fsp3) is 0.455. The maximum atomic E-state index is 11.0. The molecule has 92 valence electrons. The summed E-state index contributed by atoms with van der Waals surface area (Å²) in [6, 6.07) is 6.27. The lowest BCUT2D eigenvalue weighted by atomic mass is 10.0. The molecule has 2 rings (SSSR count). The predicted molar refractivity (Wildman–Crippen MR) is 65.0 cm³/mol. The topological polar surface area (TPSA) is 72.6 Å². The van der Waals surface area contributed by atoms with Crippen molar-refractivity contribution in [1.82, 2.24) is 0 Å². The summed E-state index contributed by atoms with van der Waals surface area (Å²) in [6.45, 7) is 0. The molecule has 3 atom stereocenters. The molecule has 17 heavy (non-hydrogen) atoms. The molecule has 1 saturated heterocycles. The van der Waals surface area contributed by atoms with E-state index in [9.17, 15) is 15.2 Å². The third-order valence-corrected chi connectivity index (χ3v) is 4.26. The van der Waals surface area contributed by atoms with Crippen LogP contribution < -0.4 is 4.74 Å². The summed E-state index contributed by atoms with van der Waals surface area (Å²) in [4.78, 5) is 10.6. The molecule has 5 nitrogen and oxygen atoms in total. The Kier molecular flexibility index (Phi) is 3.54. The monoisotopic (exact) mass is 255 g/mol. The first-order valence-electron chi connectivity index (χ1n) is 5.20. The van der Waals surface area contributed by atoms with Gasteiger partial charge < -0.3 is 9.84 Å². The van der Waals surface area contributed by atoms with E-state index in [4.69, 9.17) is 4.74 Å². The van der Waals surface area contributed by atoms with Crippen LogP contribution in [0.3, 0.4) is 0 Å². The quantitative estimate of drug-likeness (QED) is 0.654. The second-order valence-electron chi connectivity index (χ2n) is 3.87. The van der Waals surface area contributed by atoms with Gasteiger partial charge in [0.05, 0.1) is 7.11 Å². The van der Waals surface area contributed by atoms with Crippen LogP contribution in [0.2, 0.25) is 0 Å². The number of methoxy groups -OCH3 is 1. The van der Waals surface area contributed by atoms with Gasteiger partial charge in [0.25, 0.3) is 6.04 Å². The van der Waals surface area contributed by atoms with Crippen molar-refractivity contribution in [3.05, 3.63) is 39.9 Å². The first-order chi connectivity index (χ1) is 8.13. The molecule has 1 N–H and O–H groups in total. The maximum Gasteiger partial charge on any atom is 0.255 e. The number of nitrogens with zero attached hydrogens (tertiary/aromatic N) is 1. The van der Waals surface area contributed by atoms with E-state index in [0.29, 0.717) is 11.5 Å². The van der Waals surface area contributed by atoms with Crippen LogP contribution in [0.1, 0.15) is 10.8 Å². The highest BCUT2D eigenvalue weighted by Crippen LogP contribution is 2.42. The zero-order valence-electron chi connectivity index (χ0n) is 9.28. The lowest BCUT2D eigenvalue weighted by molar-refractivity contribution is -0.531. The Morgan fingerprint density at radius 3 is 3.00 bits per heavy atom. The minimum atomic E-state index is -0.938. The van der Waals surface area contributed by atoms with Crippen molar-refractivity contribution in [1.29, 1.82) is 0 Å². The van der Waals surface area contributed by atoms with E-state index < -0.39 is 17.1 Å². The molecule has 0 radical (unpaired) electrons. The number of aliphatic hydroxyl groups is 1. The Bertz CT molecular complexity index is 426. The summed E-state index contributed by atoms with van der Waals surface area (Å²) < 4.78 is 5.10. The summed E-state index contributed by atoms with van der Waals surface area (Å²) in [5.41, 5.74) is 0.826. The van der Waals surface area contributed by atoms with Crippen molar-refractivity contribution in [3.8, 4) is 5.75 Å². The van der Waals surface area contributed by atoms with E-state index in [-0.39, 0.29) is 5.25 Å². The molecule has 0 spiro atoms. The number of thioether (sulfide) groups is 1. The predicted octanol–water partition coefficient (Wildman–Crippen LogP) is 1.49. The minimum absolute atomic E-state index is 0.310. The Balaban J connectivity index is 2.29. The second kappa shape index (κ2) is 4.93. The molecule has 0 saturated carbocycles. The standard InChI is InChI=1S/C11H13NO4S/c1-16-8-4-2-3-7(5-8)11-10(12(14)15)9(13)6-17-11/h2-5,9-11,13H,6H2,1H3/t9-,10-,11+/m0/s1. The third-order valence-electron chi connectivity index (χ3n) is 2.82. The highest BCUT2D eigenvalue weighted by molar-refractivity contribution is 7.99. The van der Waals surface area contributed by atoms with E-state index in [2.05, 4.69) is 0 Å². The van der Waals surface area contributed by atoms with Gasteiger partial charge >= 0.3 is 0 Å². The van der Waals surface area contributed by atoms with Gasteiger partial charge in [-0.2, -0.15) is 0 Å². The fourth-order valence-electron chi connectivity index (χ4n) is 1.96. The molecule has 1 heterocycles. The minimum Gasteiger partial charge on any atom is -0.497 e. The third kappa shape index (κ3) is 2.37. The highest BCUT2D eigenvalue weighted by Gasteiger charge is 2.45. The molecular weight excluding hydrogens is 242 g/mol. The molecule has 1 aliphatic rings. The van der Waals surface area contributed by atoms with Crippen molar-refractivity contribution >= 4 is 11.8 Å². The molecule has 0 bridgehead atoms. The first kappa shape index (κ1) is 12.2. The first-order valence-corrected chi connectivity index (χ1v) is 6.25. The zero-order chi connectivity index (χ0) is 12.4. The van der Waals surface area contributed by atoms with Crippen molar-refractivity contribution < 1.29 is 14.8 Å². The number of hydrogen-bond acceptors (Lipinski definition) is 5. The maximum absolute atomic E-state index is 11.0. The zero-order valence-corrected chi connectivity index (χ0v) is 10.1. The number of ether oxygens (including phenoxy) is 1. The number of benzene rings is 1. The van der Waals surface area contributed by atoms with Crippen LogP contribution in [-0.4, -0.2) is 35.0 Å². The van der Waals surface area contributed by atoms with Gasteiger partial charge in [0, 0.05) is 10.7 Å². The number of aliphatic hydroxyl groups excluding tert-OH is 1. The van der Waals surface area contributed by atoms with E-state index in [0.717, 1.165) is 5.56 Å². The van der Waals surface area contributed by atoms with Crippen molar-refractivity contribution in [2.75, 3.05) is 12.9 Å². The molecule has 0 unspecified atom stereocenters. The van der Waals surface area contributed by atoms with Crippen LogP contribution in [-0.2, 0) is 0 Å². The van der Waals surface area contributed by atoms with E-state index in [1.165, 1.54) is 11.8 Å². The Morgan fingerprint density at radius 1 is 1.59 bits per heavy atom. The largest absolute Gasteiger partial charge is 0.497 e. The average Bonchev–Trinajstić information content (AvgIpc) is 2.71. The van der Waals surface area contributed by atoms with Crippen LogP contribution in [0.4, 0.5) is 0 Å². The Labute approximate surface area is 103 Å². The molecule has 0 amide bonds. The SMILES string of the molecule is COc1cccc([C@H]2SC[C@H](O)[C@@H]2[N+](=O)[O-])c1. The Hall–Kier alpha value is -1.27. The highest BCUT2D eigenvalue weighted by atomic mass is 32.2. The Morgan fingerprint density at radius 2 is 2.35 bits per heavy atom. The van der Waals surface area contributed by atoms with Crippen molar-refractivity contribution in [2.45, 2.75) is 17.4 Å². The summed E-state index contributed by atoms with van der Waals surface area (Å²) in [6.07, 6.45) is -0.883. The van der Waals surface area contributed by atoms with Crippen LogP contribution in [0, 0.1) is 10.1 Å². The van der Waals surface area contributed by atoms with Crippen LogP contribution in [0.25, 0.3) is 0 Å². The van der Waals surface area contributed by atoms with Gasteiger partial charge in [0.2, 0.25) is 0 Å². The fourth-order valence-corrected chi connectivity index (χ4v) is 3.38. The van der Waals surface area contributed by atoms with Gasteiger partial charge in [0.15, 0.2) is 0 Å². The summed E-state index contributed by atoms with van der Waals surface area (Å²) in [7, 11) is 1.56. The van der Waals surface area contributed by atoms with Crippen molar-refractivity contribution in [3.63, 3.8) is 0 Å². The lowest BCUT2D eigenvalue weighted by Gasteiger charge is -2.14. The molecule has 1 aromatic carbocycles. The molecule has 1 aromatic rings. The van der Waals surface area contributed by atoms with Crippen LogP contribution >= 0.6 is 11.8 Å². The summed E-state index contributed by atoms with van der Waals surface area (Å²) >= 11 is 1.41. The van der Waals surface area contributed by atoms with Gasteiger partial charge in [-0.25, -0.2) is 0 Å². The van der Waals surface area contributed by atoms with Crippen LogP contribution in [0.5, 0.6) is 5.75 Å². The van der Waals surface area contributed by atoms with Gasteiger partial charge in [-0.3, -0.25) is 10.1 Å². The summed E-state index contributed by atoms with van der Waals surface area (Å²) in [5.74, 6) is 1.07. The molecule has 1 aliphatic heterocycles. The number of rotatable bonds is 3. The number of nitro groups is 1. The smallest absolute Gasteiger partial charge is 0.255 e. The van der Waals surface area contributed by atoms with Gasteiger partial charge in [-0.1, -0.05) is 12.1 Å². The van der Waals surface area contributed by atoms with Crippen LogP contribution in [0.15, 0.2) is 24.3 Å². The second-order valence-corrected chi connectivity index (χ2v) is 5.05. The molecule has 6 heteroatoms. The van der Waals surface area contributed by atoms with E-state index in [1.54, 1.807) is 25.3 Å². The van der Waals surface area contributed by atoms with Gasteiger partial charge in [0.1, 0.15) is 17.1 Å². The van der Waals surface area contributed by atoms with Gasteiger partial charge in [-0.15, -0.1) is 11.8 Å². The lowest BCUT2D eigenvalue weighted by Crippen LogP contribution is -2.33. The van der Waals surface area contributed by atoms with Gasteiger partial charge in [-0.05, 0) is 17.7 Å². The number of hydrogen-bond donors (Lipinski definition) is 1.